The molecule has 1 aliphatic heterocycles. The minimum Gasteiger partial charge on any atom is -0.368 e. The average molecular weight is 209 g/mol. The second kappa shape index (κ2) is 4.97. The molecular formula is C12H21N2O. The molecule has 1 radical (unpaired) electrons. The van der Waals surface area contributed by atoms with Gasteiger partial charge in [-0.05, 0) is 38.6 Å². The van der Waals surface area contributed by atoms with Crippen LogP contribution in [0.5, 0.6) is 0 Å². The Balaban J connectivity index is 1.99. The number of carbonyl (C=O) groups is 1. The van der Waals surface area contributed by atoms with Crippen LogP contribution in [-0.2, 0) is 4.79 Å². The number of nitrogens with zero attached hydrogens (tertiary/aromatic N) is 1. The fourth-order valence-electron chi connectivity index (χ4n) is 2.94. The maximum Gasteiger partial charge on any atom is 0.234 e. The van der Waals surface area contributed by atoms with E-state index in [4.69, 9.17) is 5.73 Å². The van der Waals surface area contributed by atoms with E-state index in [-0.39, 0.29) is 11.9 Å². The van der Waals surface area contributed by atoms with Gasteiger partial charge in [0.05, 0.1) is 6.04 Å². The lowest BCUT2D eigenvalue weighted by molar-refractivity contribution is -0.125. The first-order chi connectivity index (χ1) is 7.29. The second-order valence-corrected chi connectivity index (χ2v) is 4.76. The lowest BCUT2D eigenvalue weighted by Gasteiger charge is -2.41. The first-order valence-corrected chi connectivity index (χ1v) is 6.16. The highest BCUT2D eigenvalue weighted by Crippen LogP contribution is 2.27. The number of primary amides is 1. The van der Waals surface area contributed by atoms with Gasteiger partial charge in [0.25, 0.3) is 0 Å². The molecule has 1 saturated heterocycles. The molecule has 2 aliphatic rings. The van der Waals surface area contributed by atoms with Crippen LogP contribution in [0.1, 0.15) is 44.9 Å². The molecule has 0 aromatic heterocycles. The molecule has 15 heavy (non-hydrogen) atoms. The maximum atomic E-state index is 11.4. The van der Waals surface area contributed by atoms with Gasteiger partial charge in [-0.2, -0.15) is 0 Å². The molecule has 2 rings (SSSR count). The molecule has 1 unspecified atom stereocenters. The van der Waals surface area contributed by atoms with Crippen LogP contribution in [0.25, 0.3) is 0 Å². The van der Waals surface area contributed by atoms with Gasteiger partial charge in [0, 0.05) is 6.04 Å². The predicted octanol–water partition coefficient (Wildman–Crippen LogP) is 1.47. The number of piperidine rings is 1. The summed E-state index contributed by atoms with van der Waals surface area (Å²) in [5.74, 6) is -0.142. The largest absolute Gasteiger partial charge is 0.368 e. The highest BCUT2D eigenvalue weighted by Gasteiger charge is 2.32. The van der Waals surface area contributed by atoms with Gasteiger partial charge >= 0.3 is 0 Å². The quantitative estimate of drug-likeness (QED) is 0.748. The van der Waals surface area contributed by atoms with E-state index in [0.717, 1.165) is 19.4 Å². The van der Waals surface area contributed by atoms with Crippen LogP contribution in [0.15, 0.2) is 0 Å². The Morgan fingerprint density at radius 3 is 2.67 bits per heavy atom. The number of carbonyl (C=O) groups excluding carboxylic acids is 1. The highest BCUT2D eigenvalue weighted by molar-refractivity contribution is 5.80. The fraction of sp³-hybridized carbons (Fsp3) is 0.833. The number of nitrogens with two attached hydrogens (primary N) is 1. The van der Waals surface area contributed by atoms with Crippen LogP contribution < -0.4 is 5.73 Å². The summed E-state index contributed by atoms with van der Waals surface area (Å²) >= 11 is 0. The summed E-state index contributed by atoms with van der Waals surface area (Å²) in [4.78, 5) is 13.7. The van der Waals surface area contributed by atoms with Crippen molar-refractivity contribution >= 4 is 5.91 Å². The molecule has 0 spiro atoms. The number of hydrogen-bond acceptors (Lipinski definition) is 2. The summed E-state index contributed by atoms with van der Waals surface area (Å²) in [7, 11) is 0. The zero-order chi connectivity index (χ0) is 10.7. The Hall–Kier alpha value is -0.570. The molecule has 0 bridgehead atoms. The van der Waals surface area contributed by atoms with Crippen LogP contribution >= 0.6 is 0 Å². The molecule has 2 N–H and O–H groups in total. The standard InChI is InChI=1S/C12H21N2O/c13-12(15)11-8-4-5-9-14(11)10-6-2-1-3-7-10/h4,10-11H,1-3,5-9H2,(H2,13,15). The van der Waals surface area contributed by atoms with E-state index in [2.05, 4.69) is 11.3 Å². The van der Waals surface area contributed by atoms with Gasteiger partial charge in [-0.25, -0.2) is 0 Å². The number of rotatable bonds is 2. The summed E-state index contributed by atoms with van der Waals surface area (Å²) in [5.41, 5.74) is 5.46. The van der Waals surface area contributed by atoms with E-state index >= 15 is 0 Å². The Morgan fingerprint density at radius 1 is 1.27 bits per heavy atom. The molecule has 0 aromatic carbocycles. The molecule has 3 nitrogen and oxygen atoms in total. The third-order valence-electron chi connectivity index (χ3n) is 3.75. The van der Waals surface area contributed by atoms with Crippen molar-refractivity contribution in [3.63, 3.8) is 0 Å². The molecule has 1 atom stereocenters. The van der Waals surface area contributed by atoms with Crippen LogP contribution in [-0.4, -0.2) is 29.4 Å². The summed E-state index contributed by atoms with van der Waals surface area (Å²) in [5, 5.41) is 0. The summed E-state index contributed by atoms with van der Waals surface area (Å²) in [6, 6.07) is 0.590. The van der Waals surface area contributed by atoms with Crippen LogP contribution in [0.2, 0.25) is 0 Å². The van der Waals surface area contributed by atoms with E-state index in [1.165, 1.54) is 32.1 Å². The topological polar surface area (TPSA) is 46.3 Å². The van der Waals surface area contributed by atoms with Gasteiger partial charge in [0.2, 0.25) is 5.91 Å². The number of hydrogen-bond donors (Lipinski definition) is 1. The van der Waals surface area contributed by atoms with Crippen molar-refractivity contribution in [3.05, 3.63) is 6.42 Å². The highest BCUT2D eigenvalue weighted by atomic mass is 16.1. The first kappa shape index (κ1) is 10.9. The van der Waals surface area contributed by atoms with Crippen molar-refractivity contribution in [2.75, 3.05) is 6.54 Å². The van der Waals surface area contributed by atoms with E-state index in [1.807, 2.05) is 0 Å². The monoisotopic (exact) mass is 209 g/mol. The zero-order valence-corrected chi connectivity index (χ0v) is 9.32. The lowest BCUT2D eigenvalue weighted by atomic mass is 9.90. The summed E-state index contributed by atoms with van der Waals surface area (Å²) < 4.78 is 0. The Kier molecular flexibility index (Phi) is 3.62. The SMILES string of the molecule is NC(=O)C1C[CH]CCN1C1CCCCC1. The Morgan fingerprint density at radius 2 is 2.00 bits per heavy atom. The molecular weight excluding hydrogens is 188 g/mol. The van der Waals surface area contributed by atoms with Gasteiger partial charge in [0.1, 0.15) is 0 Å². The molecule has 1 amide bonds. The average Bonchev–Trinajstić information content (AvgIpc) is 2.30. The molecule has 85 valence electrons. The van der Waals surface area contributed by atoms with Crippen molar-refractivity contribution in [1.82, 2.24) is 4.90 Å². The normalized spacial score (nSPS) is 30.3. The van der Waals surface area contributed by atoms with Gasteiger partial charge in [0.15, 0.2) is 0 Å². The van der Waals surface area contributed by atoms with Crippen LogP contribution in [0.3, 0.4) is 0 Å². The van der Waals surface area contributed by atoms with E-state index < -0.39 is 0 Å². The van der Waals surface area contributed by atoms with Gasteiger partial charge in [-0.3, -0.25) is 9.69 Å². The van der Waals surface area contributed by atoms with Gasteiger partial charge in [-0.1, -0.05) is 19.3 Å². The van der Waals surface area contributed by atoms with Crippen molar-refractivity contribution in [2.24, 2.45) is 5.73 Å². The molecule has 2 fully saturated rings. The van der Waals surface area contributed by atoms with Crippen molar-refractivity contribution in [3.8, 4) is 0 Å². The van der Waals surface area contributed by atoms with E-state index in [9.17, 15) is 4.79 Å². The second-order valence-electron chi connectivity index (χ2n) is 4.76. The van der Waals surface area contributed by atoms with Crippen LogP contribution in [0, 0.1) is 6.42 Å². The Bertz CT molecular complexity index is 224. The lowest BCUT2D eigenvalue weighted by Crippen LogP contribution is -2.52. The fourth-order valence-corrected chi connectivity index (χ4v) is 2.94. The molecule has 0 aromatic rings. The Labute approximate surface area is 92.0 Å². The van der Waals surface area contributed by atoms with Crippen LogP contribution in [0.4, 0.5) is 0 Å². The summed E-state index contributed by atoms with van der Waals surface area (Å²) in [6.45, 7) is 1.03. The smallest absolute Gasteiger partial charge is 0.234 e. The van der Waals surface area contributed by atoms with Crippen molar-refractivity contribution in [2.45, 2.75) is 57.0 Å². The summed E-state index contributed by atoms with van der Waals surface area (Å²) in [6.07, 6.45) is 10.7. The molecule has 3 heteroatoms. The third kappa shape index (κ3) is 2.51. The van der Waals surface area contributed by atoms with E-state index in [1.54, 1.807) is 0 Å². The minimum atomic E-state index is -0.142. The maximum absolute atomic E-state index is 11.4. The van der Waals surface area contributed by atoms with Crippen molar-refractivity contribution in [1.29, 1.82) is 0 Å². The first-order valence-electron chi connectivity index (χ1n) is 6.16. The van der Waals surface area contributed by atoms with Crippen molar-refractivity contribution < 1.29 is 4.79 Å². The molecule has 1 aliphatic carbocycles. The number of likely N-dealkylation sites (tertiary alicyclic amines) is 1. The molecule has 1 saturated carbocycles. The van der Waals surface area contributed by atoms with Gasteiger partial charge in [-0.15, -0.1) is 0 Å². The van der Waals surface area contributed by atoms with E-state index in [0.29, 0.717) is 6.04 Å². The zero-order valence-electron chi connectivity index (χ0n) is 9.32. The number of amides is 1. The molecule has 1 heterocycles. The third-order valence-corrected chi connectivity index (χ3v) is 3.75. The minimum absolute atomic E-state index is 0.0261. The predicted molar refractivity (Wildman–Crippen MR) is 60.1 cm³/mol. The van der Waals surface area contributed by atoms with Gasteiger partial charge < -0.3 is 5.73 Å².